The standard InChI is InChI=1S/C12H17NO3/c1-15-9-10-16-13-12(14)8-7-11-5-3-2-4-6-11/h2-6H,7-10H2,1H3,(H,13,14). The number of hydroxylamine groups is 1. The lowest BCUT2D eigenvalue weighted by Crippen LogP contribution is -2.25. The summed E-state index contributed by atoms with van der Waals surface area (Å²) in [6.07, 6.45) is 1.15. The van der Waals surface area contributed by atoms with Crippen LogP contribution >= 0.6 is 0 Å². The first-order valence-electron chi connectivity index (χ1n) is 5.26. The van der Waals surface area contributed by atoms with Gasteiger partial charge < -0.3 is 4.74 Å². The van der Waals surface area contributed by atoms with Gasteiger partial charge in [-0.15, -0.1) is 0 Å². The van der Waals surface area contributed by atoms with Crippen LogP contribution in [0.4, 0.5) is 0 Å². The molecule has 0 aliphatic carbocycles. The molecule has 0 fully saturated rings. The van der Waals surface area contributed by atoms with Gasteiger partial charge in [-0.1, -0.05) is 30.3 Å². The van der Waals surface area contributed by atoms with E-state index in [-0.39, 0.29) is 5.91 Å². The van der Waals surface area contributed by atoms with Gasteiger partial charge in [0, 0.05) is 13.5 Å². The van der Waals surface area contributed by atoms with Crippen molar-refractivity contribution in [1.82, 2.24) is 5.48 Å². The summed E-state index contributed by atoms with van der Waals surface area (Å²) >= 11 is 0. The van der Waals surface area contributed by atoms with Crippen LogP contribution in [0.2, 0.25) is 0 Å². The van der Waals surface area contributed by atoms with Crippen LogP contribution in [0.3, 0.4) is 0 Å². The fourth-order valence-corrected chi connectivity index (χ4v) is 1.21. The minimum absolute atomic E-state index is 0.111. The van der Waals surface area contributed by atoms with Gasteiger partial charge in [0.05, 0.1) is 13.2 Å². The third-order valence-corrected chi connectivity index (χ3v) is 2.06. The van der Waals surface area contributed by atoms with E-state index >= 15 is 0 Å². The first kappa shape index (κ1) is 12.7. The van der Waals surface area contributed by atoms with Crippen molar-refractivity contribution in [2.75, 3.05) is 20.3 Å². The van der Waals surface area contributed by atoms with Gasteiger partial charge in [0.2, 0.25) is 5.91 Å². The number of ether oxygens (including phenoxy) is 1. The number of amides is 1. The molecule has 0 aliphatic heterocycles. The number of nitrogens with one attached hydrogen (secondary N) is 1. The number of rotatable bonds is 7. The third kappa shape index (κ3) is 5.48. The number of hydrogen-bond donors (Lipinski definition) is 1. The van der Waals surface area contributed by atoms with Crippen molar-refractivity contribution >= 4 is 5.91 Å². The van der Waals surface area contributed by atoms with Crippen molar-refractivity contribution in [2.24, 2.45) is 0 Å². The summed E-state index contributed by atoms with van der Waals surface area (Å²) in [4.78, 5) is 16.2. The number of carbonyl (C=O) groups excluding carboxylic acids is 1. The smallest absolute Gasteiger partial charge is 0.243 e. The summed E-state index contributed by atoms with van der Waals surface area (Å²) < 4.78 is 4.78. The maximum Gasteiger partial charge on any atom is 0.243 e. The zero-order valence-corrected chi connectivity index (χ0v) is 9.44. The van der Waals surface area contributed by atoms with Crippen LogP contribution in [0.15, 0.2) is 30.3 Å². The van der Waals surface area contributed by atoms with E-state index in [0.29, 0.717) is 19.6 Å². The van der Waals surface area contributed by atoms with E-state index in [2.05, 4.69) is 5.48 Å². The molecule has 0 saturated carbocycles. The molecule has 0 atom stereocenters. The molecule has 1 rings (SSSR count). The Morgan fingerprint density at radius 3 is 2.69 bits per heavy atom. The molecule has 0 aliphatic rings. The van der Waals surface area contributed by atoms with Gasteiger partial charge in [-0.25, -0.2) is 5.48 Å². The quantitative estimate of drug-likeness (QED) is 0.560. The van der Waals surface area contributed by atoms with Gasteiger partial charge >= 0.3 is 0 Å². The molecule has 1 N–H and O–H groups in total. The highest BCUT2D eigenvalue weighted by molar-refractivity contribution is 5.75. The summed E-state index contributed by atoms with van der Waals surface area (Å²) in [5.74, 6) is -0.111. The number of hydrogen-bond acceptors (Lipinski definition) is 3. The zero-order valence-electron chi connectivity index (χ0n) is 9.44. The lowest BCUT2D eigenvalue weighted by molar-refractivity contribution is -0.134. The predicted molar refractivity (Wildman–Crippen MR) is 60.7 cm³/mol. The molecule has 0 heterocycles. The highest BCUT2D eigenvalue weighted by atomic mass is 16.7. The molecule has 4 nitrogen and oxygen atoms in total. The van der Waals surface area contributed by atoms with Crippen LogP contribution in [-0.2, 0) is 20.8 Å². The van der Waals surface area contributed by atoms with Crippen molar-refractivity contribution < 1.29 is 14.4 Å². The van der Waals surface area contributed by atoms with E-state index in [9.17, 15) is 4.79 Å². The molecule has 1 aromatic rings. The number of methoxy groups -OCH3 is 1. The van der Waals surface area contributed by atoms with Gasteiger partial charge in [-0.2, -0.15) is 0 Å². The van der Waals surface area contributed by atoms with Gasteiger partial charge in [-0.3, -0.25) is 9.63 Å². The zero-order chi connectivity index (χ0) is 11.6. The minimum Gasteiger partial charge on any atom is -0.382 e. The fourth-order valence-electron chi connectivity index (χ4n) is 1.21. The van der Waals surface area contributed by atoms with Gasteiger partial charge in [0.1, 0.15) is 0 Å². The van der Waals surface area contributed by atoms with Crippen molar-refractivity contribution in [3.8, 4) is 0 Å². The average Bonchev–Trinajstić information content (AvgIpc) is 2.33. The molecule has 88 valence electrons. The van der Waals surface area contributed by atoms with E-state index in [1.807, 2.05) is 30.3 Å². The summed E-state index contributed by atoms with van der Waals surface area (Å²) in [7, 11) is 1.58. The van der Waals surface area contributed by atoms with Crippen LogP contribution in [0.5, 0.6) is 0 Å². The molecule has 0 spiro atoms. The Kier molecular flexibility index (Phi) is 6.22. The van der Waals surface area contributed by atoms with Crippen molar-refractivity contribution in [3.63, 3.8) is 0 Å². The van der Waals surface area contributed by atoms with Gasteiger partial charge in [0.15, 0.2) is 0 Å². The van der Waals surface area contributed by atoms with Crippen molar-refractivity contribution in [3.05, 3.63) is 35.9 Å². The molecule has 16 heavy (non-hydrogen) atoms. The Bertz CT molecular complexity index is 300. The second kappa shape index (κ2) is 7.84. The first-order valence-corrected chi connectivity index (χ1v) is 5.26. The molecule has 0 saturated heterocycles. The van der Waals surface area contributed by atoms with Crippen LogP contribution in [0, 0.1) is 0 Å². The molecular weight excluding hydrogens is 206 g/mol. The maximum atomic E-state index is 11.3. The number of benzene rings is 1. The summed E-state index contributed by atoms with van der Waals surface area (Å²) in [6, 6.07) is 9.88. The molecule has 0 radical (unpaired) electrons. The van der Waals surface area contributed by atoms with Gasteiger partial charge in [-0.05, 0) is 12.0 Å². The second-order valence-corrected chi connectivity index (χ2v) is 3.35. The molecule has 0 aromatic heterocycles. The summed E-state index contributed by atoms with van der Waals surface area (Å²) in [5.41, 5.74) is 3.52. The molecule has 1 amide bonds. The van der Waals surface area contributed by atoms with Crippen LogP contribution < -0.4 is 5.48 Å². The summed E-state index contributed by atoms with van der Waals surface area (Å²) in [6.45, 7) is 0.840. The maximum absolute atomic E-state index is 11.3. The van der Waals surface area contributed by atoms with Crippen LogP contribution in [-0.4, -0.2) is 26.2 Å². The van der Waals surface area contributed by atoms with Gasteiger partial charge in [0.25, 0.3) is 0 Å². The van der Waals surface area contributed by atoms with Crippen LogP contribution in [0.25, 0.3) is 0 Å². The Morgan fingerprint density at radius 1 is 1.25 bits per heavy atom. The molecule has 0 unspecified atom stereocenters. The van der Waals surface area contributed by atoms with E-state index < -0.39 is 0 Å². The van der Waals surface area contributed by atoms with Crippen molar-refractivity contribution in [2.45, 2.75) is 12.8 Å². The molecule has 4 heteroatoms. The van der Waals surface area contributed by atoms with Crippen molar-refractivity contribution in [1.29, 1.82) is 0 Å². The summed E-state index contributed by atoms with van der Waals surface area (Å²) in [5, 5.41) is 0. The fraction of sp³-hybridized carbons (Fsp3) is 0.417. The highest BCUT2D eigenvalue weighted by Crippen LogP contribution is 2.01. The SMILES string of the molecule is COCCONC(=O)CCc1ccccc1. The van der Waals surface area contributed by atoms with E-state index in [1.165, 1.54) is 0 Å². The van der Waals surface area contributed by atoms with Crippen LogP contribution in [0.1, 0.15) is 12.0 Å². The predicted octanol–water partition coefficient (Wildman–Crippen LogP) is 1.31. The van der Waals surface area contributed by atoms with E-state index in [1.54, 1.807) is 7.11 Å². The Labute approximate surface area is 95.5 Å². The lowest BCUT2D eigenvalue weighted by atomic mass is 10.1. The Morgan fingerprint density at radius 2 is 2.00 bits per heavy atom. The monoisotopic (exact) mass is 223 g/mol. The minimum atomic E-state index is -0.111. The average molecular weight is 223 g/mol. The van der Waals surface area contributed by atoms with E-state index in [4.69, 9.17) is 9.57 Å². The number of carbonyl (C=O) groups is 1. The molecule has 1 aromatic carbocycles. The second-order valence-electron chi connectivity index (χ2n) is 3.35. The number of aryl methyl sites for hydroxylation is 1. The first-order chi connectivity index (χ1) is 7.83. The highest BCUT2D eigenvalue weighted by Gasteiger charge is 2.01. The Hall–Kier alpha value is -1.39. The lowest BCUT2D eigenvalue weighted by Gasteiger charge is -2.05. The molecule has 0 bridgehead atoms. The Balaban J connectivity index is 2.11. The topological polar surface area (TPSA) is 47.6 Å². The normalized spacial score (nSPS) is 10.1. The van der Waals surface area contributed by atoms with E-state index in [0.717, 1.165) is 12.0 Å². The third-order valence-electron chi connectivity index (χ3n) is 2.06. The molecular formula is C12H17NO3. The largest absolute Gasteiger partial charge is 0.382 e.